The van der Waals surface area contributed by atoms with Crippen molar-refractivity contribution in [2.24, 2.45) is 0 Å². The van der Waals surface area contributed by atoms with Crippen LogP contribution < -0.4 is 0 Å². The first kappa shape index (κ1) is 17.0. The monoisotopic (exact) mass is 342 g/mol. The predicted molar refractivity (Wildman–Crippen MR) is 88.3 cm³/mol. The summed E-state index contributed by atoms with van der Waals surface area (Å²) >= 11 is 6.11. The summed E-state index contributed by atoms with van der Waals surface area (Å²) in [6.45, 7) is 6.07. The Morgan fingerprint density at radius 1 is 1.41 bits per heavy atom. The first-order valence-corrected chi connectivity index (χ1v) is 8.44. The van der Waals surface area contributed by atoms with Crippen LogP contribution >= 0.6 is 11.6 Å². The van der Waals surface area contributed by atoms with Crippen LogP contribution in [0.15, 0.2) is 12.1 Å². The fraction of sp³-hybridized carbons (Fsp3) is 0.467. The molecule has 0 saturated carbocycles. The Hall–Kier alpha value is -1.40. The van der Waals surface area contributed by atoms with Gasteiger partial charge < -0.3 is 10.0 Å². The van der Waals surface area contributed by atoms with E-state index in [2.05, 4.69) is 0 Å². The zero-order valence-electron chi connectivity index (χ0n) is 12.8. The number of hydrogen-bond donors (Lipinski definition) is 2. The molecule has 1 unspecified atom stereocenters. The summed E-state index contributed by atoms with van der Waals surface area (Å²) in [6.07, 6.45) is -0.474. The summed E-state index contributed by atoms with van der Waals surface area (Å²) < 4.78 is 11.9. The van der Waals surface area contributed by atoms with Crippen molar-refractivity contribution in [2.75, 3.05) is 6.54 Å². The van der Waals surface area contributed by atoms with Crippen LogP contribution in [-0.4, -0.2) is 36.6 Å². The molecule has 22 heavy (non-hydrogen) atoms. The maximum atomic E-state index is 12.5. The van der Waals surface area contributed by atoms with E-state index in [0.717, 1.165) is 11.1 Å². The number of carboxylic acid groups (broad SMARTS) is 1. The molecule has 1 atom stereocenters. The first-order chi connectivity index (χ1) is 10.1. The fourth-order valence-electron chi connectivity index (χ4n) is 2.43. The molecule has 0 spiro atoms. The van der Waals surface area contributed by atoms with E-state index in [-0.39, 0.29) is 11.6 Å². The van der Waals surface area contributed by atoms with Crippen LogP contribution in [-0.2, 0) is 23.8 Å². The number of halogens is 1. The molecule has 0 aliphatic carbocycles. The molecule has 1 aliphatic rings. The van der Waals surface area contributed by atoms with Gasteiger partial charge in [0, 0.05) is 28.4 Å². The van der Waals surface area contributed by atoms with Crippen molar-refractivity contribution in [3.8, 4) is 0 Å². The molecule has 0 aromatic heterocycles. The number of amides is 1. The van der Waals surface area contributed by atoms with Gasteiger partial charge in [0.2, 0.25) is 0 Å². The van der Waals surface area contributed by atoms with Crippen molar-refractivity contribution in [1.29, 1.82) is 5.41 Å². The summed E-state index contributed by atoms with van der Waals surface area (Å²) in [5.74, 6) is 0. The highest BCUT2D eigenvalue weighted by atomic mass is 35.5. The number of rotatable bonds is 1. The predicted octanol–water partition coefficient (Wildman–Crippen LogP) is 3.25. The second kappa shape index (κ2) is 6.01. The Balaban J connectivity index is 2.45. The van der Waals surface area contributed by atoms with Crippen LogP contribution in [0.1, 0.15) is 37.5 Å². The Bertz CT molecular complexity index is 667. The first-order valence-electron chi connectivity index (χ1n) is 6.91. The lowest BCUT2D eigenvalue weighted by molar-refractivity contribution is 0.140. The third-order valence-electron chi connectivity index (χ3n) is 3.56. The zero-order valence-corrected chi connectivity index (χ0v) is 14.3. The molecule has 120 valence electrons. The van der Waals surface area contributed by atoms with E-state index >= 15 is 0 Å². The molecule has 2 N–H and O–H groups in total. The van der Waals surface area contributed by atoms with E-state index < -0.39 is 21.6 Å². The van der Waals surface area contributed by atoms with Gasteiger partial charge in [-0.15, -0.1) is 0 Å². The van der Waals surface area contributed by atoms with E-state index in [9.17, 15) is 9.00 Å². The molecule has 0 bridgehead atoms. The summed E-state index contributed by atoms with van der Waals surface area (Å²) in [4.78, 5) is 12.4. The highest BCUT2D eigenvalue weighted by molar-refractivity contribution is 8.02. The largest absolute Gasteiger partial charge is 0.465 e. The van der Waals surface area contributed by atoms with Crippen molar-refractivity contribution in [1.82, 2.24) is 4.90 Å². The minimum atomic E-state index is -1.46. The van der Waals surface area contributed by atoms with Crippen molar-refractivity contribution in [3.05, 3.63) is 33.8 Å². The molecule has 7 heteroatoms. The average molecular weight is 343 g/mol. The lowest BCUT2D eigenvalue weighted by atomic mass is 9.95. The van der Waals surface area contributed by atoms with E-state index in [1.54, 1.807) is 12.1 Å². The summed E-state index contributed by atoms with van der Waals surface area (Å²) in [7, 11) is -1.46. The molecule has 0 fully saturated rings. The molecule has 2 rings (SSSR count). The summed E-state index contributed by atoms with van der Waals surface area (Å²) in [5, 5.41) is 17.9. The van der Waals surface area contributed by atoms with E-state index in [1.807, 2.05) is 20.8 Å². The Kier molecular flexibility index (Phi) is 4.63. The normalized spacial score (nSPS) is 16.1. The van der Waals surface area contributed by atoms with E-state index in [1.165, 1.54) is 4.90 Å². The van der Waals surface area contributed by atoms with Crippen molar-refractivity contribution >= 4 is 33.5 Å². The minimum Gasteiger partial charge on any atom is -0.465 e. The van der Waals surface area contributed by atoms with Gasteiger partial charge in [-0.3, -0.25) is 9.62 Å². The van der Waals surface area contributed by atoms with Gasteiger partial charge in [0.25, 0.3) is 0 Å². The van der Waals surface area contributed by atoms with Crippen LogP contribution in [0.3, 0.4) is 0 Å². The highest BCUT2D eigenvalue weighted by Gasteiger charge is 2.29. The fourth-order valence-corrected chi connectivity index (χ4v) is 3.67. The summed E-state index contributed by atoms with van der Waals surface area (Å²) in [6, 6.07) is 3.38. The Morgan fingerprint density at radius 2 is 2.05 bits per heavy atom. The molecular weight excluding hydrogens is 324 g/mol. The number of hydrogen-bond acceptors (Lipinski definition) is 3. The van der Waals surface area contributed by atoms with Gasteiger partial charge >= 0.3 is 6.09 Å². The van der Waals surface area contributed by atoms with E-state index in [4.69, 9.17) is 22.1 Å². The maximum absolute atomic E-state index is 12.5. The van der Waals surface area contributed by atoms with Crippen molar-refractivity contribution < 1.29 is 14.1 Å². The van der Waals surface area contributed by atoms with Gasteiger partial charge in [-0.1, -0.05) is 11.6 Å². The highest BCUT2D eigenvalue weighted by Crippen LogP contribution is 2.29. The van der Waals surface area contributed by atoms with Crippen LogP contribution in [0.2, 0.25) is 5.02 Å². The molecule has 1 amide bonds. The molecule has 1 aromatic rings. The van der Waals surface area contributed by atoms with Gasteiger partial charge in [0.15, 0.2) is 0 Å². The zero-order chi connectivity index (χ0) is 16.7. The molecule has 1 aliphatic heterocycles. The maximum Gasteiger partial charge on any atom is 0.407 e. The van der Waals surface area contributed by atoms with Gasteiger partial charge in [0.1, 0.15) is 5.04 Å². The lowest BCUT2D eigenvalue weighted by Crippen LogP contribution is -2.36. The van der Waals surface area contributed by atoms with Gasteiger partial charge in [-0.05, 0) is 50.5 Å². The van der Waals surface area contributed by atoms with Gasteiger partial charge in [-0.2, -0.15) is 0 Å². The third-order valence-corrected chi connectivity index (χ3v) is 5.48. The van der Waals surface area contributed by atoms with Gasteiger partial charge in [-0.25, -0.2) is 4.79 Å². The molecule has 1 heterocycles. The van der Waals surface area contributed by atoms with Gasteiger partial charge in [0.05, 0.1) is 10.8 Å². The Labute approximate surface area is 137 Å². The molecule has 5 nitrogen and oxygen atoms in total. The van der Waals surface area contributed by atoms with Crippen LogP contribution in [0.25, 0.3) is 0 Å². The Morgan fingerprint density at radius 3 is 2.59 bits per heavy atom. The number of carbonyl (C=O) groups is 1. The topological polar surface area (TPSA) is 81.5 Å². The van der Waals surface area contributed by atoms with Crippen LogP contribution in [0.4, 0.5) is 4.79 Å². The lowest BCUT2D eigenvalue weighted by Gasteiger charge is -2.29. The van der Waals surface area contributed by atoms with E-state index in [0.29, 0.717) is 23.6 Å². The third kappa shape index (κ3) is 3.33. The molecule has 1 aromatic carbocycles. The second-order valence-electron chi connectivity index (χ2n) is 6.26. The van der Waals surface area contributed by atoms with Crippen LogP contribution in [0.5, 0.6) is 0 Å². The second-order valence-corrected chi connectivity index (χ2v) is 8.86. The summed E-state index contributed by atoms with van der Waals surface area (Å²) in [5.41, 5.74) is 2.23. The number of nitrogens with one attached hydrogen (secondary N) is 1. The average Bonchev–Trinajstić information content (AvgIpc) is 2.42. The minimum absolute atomic E-state index is 0.0509. The molecule has 0 saturated heterocycles. The number of fused-ring (bicyclic) bond motifs is 1. The van der Waals surface area contributed by atoms with Crippen molar-refractivity contribution in [2.45, 2.75) is 38.5 Å². The molecular formula is C15H19ClN2O3S. The van der Waals surface area contributed by atoms with Crippen molar-refractivity contribution in [3.63, 3.8) is 0 Å². The number of nitrogens with zero attached hydrogens (tertiary/aromatic N) is 1. The quantitative estimate of drug-likeness (QED) is 0.607. The smallest absolute Gasteiger partial charge is 0.407 e. The molecule has 0 radical (unpaired) electrons. The SMILES string of the molecule is CC(C)(C)S(=O)C(=N)c1cc(Cl)cc2c1CCN(C(=O)O)C2. The van der Waals surface area contributed by atoms with Crippen LogP contribution in [0, 0.1) is 5.41 Å². The standard InChI is InChI=1S/C15H19ClN2O3S/c1-15(2,3)22(21)13(17)12-7-10(16)6-9-8-18(14(19)20)5-4-11(9)12/h6-7,17H,4-5,8H2,1-3H3,(H,19,20). The number of benzene rings is 1.